The summed E-state index contributed by atoms with van der Waals surface area (Å²) >= 11 is 0. The minimum atomic E-state index is -0.593. The summed E-state index contributed by atoms with van der Waals surface area (Å²) in [4.78, 5) is 24.4. The SMILES string of the molecule is Cc1ccc(NC(=O)COC(=O)c2ccc(/C=C(\C#N)c3cccc4ccccc34)cc2)cc1. The van der Waals surface area contributed by atoms with E-state index >= 15 is 0 Å². The van der Waals surface area contributed by atoms with Crippen LogP contribution in [0.15, 0.2) is 91.0 Å². The Morgan fingerprint density at radius 3 is 2.35 bits per heavy atom. The lowest BCUT2D eigenvalue weighted by molar-refractivity contribution is -0.119. The van der Waals surface area contributed by atoms with Crippen molar-refractivity contribution >= 4 is 40.0 Å². The van der Waals surface area contributed by atoms with Gasteiger partial charge in [-0.25, -0.2) is 4.79 Å². The number of nitriles is 1. The molecule has 4 aromatic rings. The molecule has 5 nitrogen and oxygen atoms in total. The fourth-order valence-electron chi connectivity index (χ4n) is 3.56. The second-order valence-corrected chi connectivity index (χ2v) is 7.81. The molecule has 4 aromatic carbocycles. The number of hydrogen-bond donors (Lipinski definition) is 1. The zero-order chi connectivity index (χ0) is 23.9. The number of carbonyl (C=O) groups excluding carboxylic acids is 2. The molecule has 0 atom stereocenters. The van der Waals surface area contributed by atoms with Crippen molar-refractivity contribution in [1.29, 1.82) is 5.26 Å². The molecule has 0 unspecified atom stereocenters. The van der Waals surface area contributed by atoms with Crippen LogP contribution in [0.5, 0.6) is 0 Å². The molecular formula is C29H22N2O3. The highest BCUT2D eigenvalue weighted by Gasteiger charge is 2.11. The number of nitrogens with zero attached hydrogens (tertiary/aromatic N) is 1. The van der Waals surface area contributed by atoms with Crippen molar-refractivity contribution in [3.63, 3.8) is 0 Å². The first-order chi connectivity index (χ1) is 16.5. The molecule has 5 heteroatoms. The predicted octanol–water partition coefficient (Wildman–Crippen LogP) is 6.01. The van der Waals surface area contributed by atoms with Crippen molar-refractivity contribution in [3.05, 3.63) is 113 Å². The Morgan fingerprint density at radius 1 is 0.912 bits per heavy atom. The first-order valence-electron chi connectivity index (χ1n) is 10.8. The molecule has 0 aliphatic carbocycles. The number of benzene rings is 4. The maximum absolute atomic E-state index is 12.3. The average Bonchev–Trinajstić information content (AvgIpc) is 2.87. The predicted molar refractivity (Wildman–Crippen MR) is 134 cm³/mol. The Balaban J connectivity index is 1.42. The molecule has 0 spiro atoms. The third kappa shape index (κ3) is 5.37. The quantitative estimate of drug-likeness (QED) is 0.224. The van der Waals surface area contributed by atoms with E-state index in [4.69, 9.17) is 4.74 Å². The second kappa shape index (κ2) is 10.3. The molecule has 0 radical (unpaired) electrons. The standard InChI is InChI=1S/C29H22N2O3/c1-20-9-15-25(16-10-20)31-28(32)19-34-29(33)23-13-11-21(12-14-23)17-24(18-30)27-8-4-6-22-5-2-3-7-26(22)27/h2-17H,19H2,1H3,(H,31,32)/b24-17+. The fourth-order valence-corrected chi connectivity index (χ4v) is 3.56. The number of fused-ring (bicyclic) bond motifs is 1. The second-order valence-electron chi connectivity index (χ2n) is 7.81. The van der Waals surface area contributed by atoms with Crippen molar-refractivity contribution in [2.75, 3.05) is 11.9 Å². The number of ether oxygens (including phenoxy) is 1. The summed E-state index contributed by atoms with van der Waals surface area (Å²) in [6.45, 7) is 1.58. The monoisotopic (exact) mass is 446 g/mol. The van der Waals surface area contributed by atoms with Crippen LogP contribution < -0.4 is 5.32 Å². The number of aryl methyl sites for hydroxylation is 1. The molecule has 0 heterocycles. The van der Waals surface area contributed by atoms with Gasteiger partial charge in [-0.1, -0.05) is 72.3 Å². The molecule has 1 N–H and O–H groups in total. The Hall–Kier alpha value is -4.69. The Bertz CT molecular complexity index is 1410. The van der Waals surface area contributed by atoms with Crippen LogP contribution in [0.1, 0.15) is 27.0 Å². The zero-order valence-corrected chi connectivity index (χ0v) is 18.6. The Morgan fingerprint density at radius 2 is 1.62 bits per heavy atom. The highest BCUT2D eigenvalue weighted by molar-refractivity contribution is 6.02. The third-order valence-corrected chi connectivity index (χ3v) is 5.33. The van der Waals surface area contributed by atoms with Gasteiger partial charge in [0, 0.05) is 11.3 Å². The summed E-state index contributed by atoms with van der Waals surface area (Å²) in [6, 6.07) is 30.1. The van der Waals surface area contributed by atoms with Gasteiger partial charge in [0.15, 0.2) is 6.61 Å². The van der Waals surface area contributed by atoms with Gasteiger partial charge in [0.2, 0.25) is 0 Å². The van der Waals surface area contributed by atoms with Crippen LogP contribution in [0.25, 0.3) is 22.4 Å². The minimum Gasteiger partial charge on any atom is -0.452 e. The van der Waals surface area contributed by atoms with Crippen molar-refractivity contribution in [1.82, 2.24) is 0 Å². The average molecular weight is 447 g/mol. The van der Waals surface area contributed by atoms with Gasteiger partial charge in [-0.3, -0.25) is 4.79 Å². The maximum atomic E-state index is 12.3. The number of amides is 1. The lowest BCUT2D eigenvalue weighted by Crippen LogP contribution is -2.20. The summed E-state index contributed by atoms with van der Waals surface area (Å²) in [7, 11) is 0. The van der Waals surface area contributed by atoms with Crippen LogP contribution in [-0.4, -0.2) is 18.5 Å². The third-order valence-electron chi connectivity index (χ3n) is 5.33. The lowest BCUT2D eigenvalue weighted by atomic mass is 9.97. The molecule has 34 heavy (non-hydrogen) atoms. The van der Waals surface area contributed by atoms with Crippen molar-refractivity contribution < 1.29 is 14.3 Å². The number of hydrogen-bond acceptors (Lipinski definition) is 4. The van der Waals surface area contributed by atoms with Gasteiger partial charge >= 0.3 is 5.97 Å². The summed E-state index contributed by atoms with van der Waals surface area (Å²) < 4.78 is 5.13. The van der Waals surface area contributed by atoms with Crippen LogP contribution in [0, 0.1) is 18.3 Å². The summed E-state index contributed by atoms with van der Waals surface area (Å²) in [5.74, 6) is -1.00. The van der Waals surface area contributed by atoms with E-state index in [0.29, 0.717) is 16.8 Å². The molecule has 166 valence electrons. The van der Waals surface area contributed by atoms with E-state index in [9.17, 15) is 14.9 Å². The molecule has 0 aliphatic heterocycles. The summed E-state index contributed by atoms with van der Waals surface area (Å²) in [6.07, 6.45) is 1.78. The molecule has 0 saturated carbocycles. The van der Waals surface area contributed by atoms with E-state index in [-0.39, 0.29) is 6.61 Å². The smallest absolute Gasteiger partial charge is 0.338 e. The highest BCUT2D eigenvalue weighted by Crippen LogP contribution is 2.26. The number of nitrogens with one attached hydrogen (secondary N) is 1. The minimum absolute atomic E-state index is 0.323. The molecule has 0 bridgehead atoms. The van der Waals surface area contributed by atoms with Gasteiger partial charge in [0.05, 0.1) is 17.2 Å². The van der Waals surface area contributed by atoms with Crippen LogP contribution in [-0.2, 0) is 9.53 Å². The van der Waals surface area contributed by atoms with Gasteiger partial charge < -0.3 is 10.1 Å². The molecule has 4 rings (SSSR count). The number of anilines is 1. The van der Waals surface area contributed by atoms with E-state index in [2.05, 4.69) is 11.4 Å². The maximum Gasteiger partial charge on any atom is 0.338 e. The van der Waals surface area contributed by atoms with Crippen molar-refractivity contribution in [2.24, 2.45) is 0 Å². The number of carbonyl (C=O) groups is 2. The number of rotatable bonds is 6. The van der Waals surface area contributed by atoms with Gasteiger partial charge in [-0.05, 0) is 53.6 Å². The fraction of sp³-hybridized carbons (Fsp3) is 0.0690. The molecule has 0 aliphatic rings. The van der Waals surface area contributed by atoms with E-state index in [1.54, 1.807) is 42.5 Å². The van der Waals surface area contributed by atoms with E-state index in [1.807, 2.05) is 61.5 Å². The highest BCUT2D eigenvalue weighted by atomic mass is 16.5. The largest absolute Gasteiger partial charge is 0.452 e. The number of esters is 1. The van der Waals surface area contributed by atoms with Crippen molar-refractivity contribution in [3.8, 4) is 6.07 Å². The molecule has 1 amide bonds. The lowest BCUT2D eigenvalue weighted by Gasteiger charge is -2.08. The van der Waals surface area contributed by atoms with Crippen LogP contribution in [0.3, 0.4) is 0 Å². The van der Waals surface area contributed by atoms with Crippen LogP contribution in [0.4, 0.5) is 5.69 Å². The van der Waals surface area contributed by atoms with Crippen LogP contribution >= 0.6 is 0 Å². The van der Waals surface area contributed by atoms with Crippen LogP contribution in [0.2, 0.25) is 0 Å². The zero-order valence-electron chi connectivity index (χ0n) is 18.6. The van der Waals surface area contributed by atoms with Gasteiger partial charge in [-0.15, -0.1) is 0 Å². The molecule has 0 fully saturated rings. The van der Waals surface area contributed by atoms with E-state index < -0.39 is 11.9 Å². The summed E-state index contributed by atoms with van der Waals surface area (Å²) in [5.41, 5.74) is 4.20. The molecular weight excluding hydrogens is 424 g/mol. The van der Waals surface area contributed by atoms with Gasteiger partial charge in [0.25, 0.3) is 5.91 Å². The normalized spacial score (nSPS) is 11.0. The summed E-state index contributed by atoms with van der Waals surface area (Å²) in [5, 5.41) is 14.5. The van der Waals surface area contributed by atoms with Gasteiger partial charge in [0.1, 0.15) is 0 Å². The van der Waals surface area contributed by atoms with E-state index in [0.717, 1.165) is 27.5 Å². The van der Waals surface area contributed by atoms with Gasteiger partial charge in [-0.2, -0.15) is 5.26 Å². The molecule has 0 aromatic heterocycles. The number of allylic oxidation sites excluding steroid dienone is 1. The molecule has 0 saturated heterocycles. The first-order valence-corrected chi connectivity index (χ1v) is 10.8. The Labute approximate surface area is 197 Å². The van der Waals surface area contributed by atoms with E-state index in [1.165, 1.54) is 0 Å². The topological polar surface area (TPSA) is 79.2 Å². The van der Waals surface area contributed by atoms with Crippen molar-refractivity contribution in [2.45, 2.75) is 6.92 Å². The Kier molecular flexibility index (Phi) is 6.81. The first kappa shape index (κ1) is 22.5.